The van der Waals surface area contributed by atoms with Crippen LogP contribution in [0.5, 0.6) is 0 Å². The molecule has 3 heterocycles. The van der Waals surface area contributed by atoms with E-state index in [0.717, 1.165) is 0 Å². The first-order valence-electron chi connectivity index (χ1n) is 7.74. The van der Waals surface area contributed by atoms with Crippen molar-refractivity contribution in [3.63, 3.8) is 0 Å². The summed E-state index contributed by atoms with van der Waals surface area (Å²) in [5.41, 5.74) is 10.3. The SMILES string of the molecule is NCCC1(CCN)NC(=O)c2c(Cl)cc(Nc3ccncn3)c(=O)n21. The molecule has 10 heteroatoms. The van der Waals surface area contributed by atoms with Crippen LogP contribution in [-0.2, 0) is 5.66 Å². The lowest BCUT2D eigenvalue weighted by Gasteiger charge is -2.31. The first-order valence-corrected chi connectivity index (χ1v) is 8.12. The maximum absolute atomic E-state index is 13.1. The molecule has 6 N–H and O–H groups in total. The summed E-state index contributed by atoms with van der Waals surface area (Å²) in [5.74, 6) is 0.0156. The summed E-state index contributed by atoms with van der Waals surface area (Å²) < 4.78 is 1.36. The Bertz CT molecular complexity index is 847. The molecular formula is C15H18ClN7O2. The molecule has 0 bridgehead atoms. The Balaban J connectivity index is 2.16. The number of anilines is 2. The second kappa shape index (κ2) is 6.79. The molecule has 0 spiro atoms. The van der Waals surface area contributed by atoms with Gasteiger partial charge in [0.15, 0.2) is 0 Å². The van der Waals surface area contributed by atoms with Gasteiger partial charge in [-0.15, -0.1) is 0 Å². The predicted molar refractivity (Wildman–Crippen MR) is 93.8 cm³/mol. The molecule has 2 aromatic heterocycles. The van der Waals surface area contributed by atoms with Gasteiger partial charge in [0, 0.05) is 19.0 Å². The van der Waals surface area contributed by atoms with E-state index in [0.29, 0.717) is 18.7 Å². The smallest absolute Gasteiger partial charge is 0.276 e. The van der Waals surface area contributed by atoms with Crippen LogP contribution in [0.4, 0.5) is 11.5 Å². The molecule has 0 atom stereocenters. The standard InChI is InChI=1S/C15H18ClN7O2/c16-9-7-10(21-11-1-6-19-8-20-11)14(25)23-12(9)13(24)22-15(23,2-4-17)3-5-18/h1,6-8H,2-5,17-18H2,(H,22,24)(H,19,20,21). The summed E-state index contributed by atoms with van der Waals surface area (Å²) in [6, 6.07) is 3.03. The largest absolute Gasteiger partial charge is 0.336 e. The monoisotopic (exact) mass is 363 g/mol. The Morgan fingerprint density at radius 1 is 1.28 bits per heavy atom. The second-order valence-corrected chi connectivity index (χ2v) is 6.08. The van der Waals surface area contributed by atoms with Gasteiger partial charge in [-0.05, 0) is 25.2 Å². The number of pyridine rings is 1. The lowest BCUT2D eigenvalue weighted by Crippen LogP contribution is -2.50. The van der Waals surface area contributed by atoms with E-state index >= 15 is 0 Å². The number of carbonyl (C=O) groups is 1. The van der Waals surface area contributed by atoms with Crippen molar-refractivity contribution in [1.29, 1.82) is 0 Å². The maximum atomic E-state index is 13.1. The molecular weight excluding hydrogens is 346 g/mol. The fourth-order valence-electron chi connectivity index (χ4n) is 3.07. The number of halogens is 1. The molecule has 0 unspecified atom stereocenters. The van der Waals surface area contributed by atoms with Crippen molar-refractivity contribution in [2.45, 2.75) is 18.5 Å². The number of fused-ring (bicyclic) bond motifs is 1. The Morgan fingerprint density at radius 2 is 2.00 bits per heavy atom. The van der Waals surface area contributed by atoms with Gasteiger partial charge in [0.2, 0.25) is 0 Å². The molecule has 3 rings (SSSR count). The minimum Gasteiger partial charge on any atom is -0.336 e. The molecule has 25 heavy (non-hydrogen) atoms. The van der Waals surface area contributed by atoms with Crippen LogP contribution in [0, 0.1) is 0 Å². The van der Waals surface area contributed by atoms with Crippen molar-refractivity contribution in [1.82, 2.24) is 19.9 Å². The van der Waals surface area contributed by atoms with E-state index in [2.05, 4.69) is 20.6 Å². The molecule has 0 saturated carbocycles. The number of aromatic nitrogens is 3. The topological polar surface area (TPSA) is 141 Å². The van der Waals surface area contributed by atoms with Crippen molar-refractivity contribution in [2.24, 2.45) is 11.5 Å². The molecule has 132 valence electrons. The third kappa shape index (κ3) is 2.97. The number of nitrogens with two attached hydrogens (primary N) is 2. The van der Waals surface area contributed by atoms with Crippen LogP contribution < -0.4 is 27.7 Å². The minimum absolute atomic E-state index is 0.113. The van der Waals surface area contributed by atoms with Crippen molar-refractivity contribution in [3.05, 3.63) is 45.7 Å². The molecule has 1 aliphatic rings. The van der Waals surface area contributed by atoms with Gasteiger partial charge in [0.1, 0.15) is 29.2 Å². The van der Waals surface area contributed by atoms with Crippen molar-refractivity contribution in [2.75, 3.05) is 18.4 Å². The van der Waals surface area contributed by atoms with Gasteiger partial charge in [-0.3, -0.25) is 14.2 Å². The summed E-state index contributed by atoms with van der Waals surface area (Å²) >= 11 is 6.28. The fourth-order valence-corrected chi connectivity index (χ4v) is 3.35. The van der Waals surface area contributed by atoms with Gasteiger partial charge in [-0.2, -0.15) is 0 Å². The average Bonchev–Trinajstić information content (AvgIpc) is 2.87. The van der Waals surface area contributed by atoms with Crippen LogP contribution in [0.1, 0.15) is 23.3 Å². The highest BCUT2D eigenvalue weighted by atomic mass is 35.5. The number of carbonyl (C=O) groups excluding carboxylic acids is 1. The van der Waals surface area contributed by atoms with Crippen molar-refractivity contribution >= 4 is 29.0 Å². The molecule has 0 saturated heterocycles. The van der Waals surface area contributed by atoms with Crippen LogP contribution in [-0.4, -0.2) is 33.5 Å². The van der Waals surface area contributed by atoms with Crippen LogP contribution in [0.15, 0.2) is 29.5 Å². The summed E-state index contributed by atoms with van der Waals surface area (Å²) in [6.45, 7) is 0.542. The zero-order chi connectivity index (χ0) is 18.0. The van der Waals surface area contributed by atoms with Crippen LogP contribution in [0.25, 0.3) is 0 Å². The number of rotatable bonds is 6. The third-order valence-electron chi connectivity index (χ3n) is 4.10. The summed E-state index contributed by atoms with van der Waals surface area (Å²) in [7, 11) is 0. The van der Waals surface area contributed by atoms with Gasteiger partial charge >= 0.3 is 0 Å². The molecule has 2 aromatic rings. The molecule has 0 radical (unpaired) electrons. The van der Waals surface area contributed by atoms with Gasteiger partial charge in [0.05, 0.1) is 5.02 Å². The average molecular weight is 364 g/mol. The zero-order valence-electron chi connectivity index (χ0n) is 13.3. The van der Waals surface area contributed by atoms with Gasteiger partial charge in [-0.25, -0.2) is 9.97 Å². The van der Waals surface area contributed by atoms with Crippen LogP contribution in [0.2, 0.25) is 5.02 Å². The normalized spacial score (nSPS) is 14.9. The molecule has 0 aliphatic carbocycles. The quantitative estimate of drug-likeness (QED) is 0.571. The van der Waals surface area contributed by atoms with E-state index < -0.39 is 17.1 Å². The lowest BCUT2D eigenvalue weighted by atomic mass is 10.0. The van der Waals surface area contributed by atoms with E-state index in [9.17, 15) is 9.59 Å². The van der Waals surface area contributed by atoms with E-state index in [1.807, 2.05) is 0 Å². The molecule has 1 amide bonds. The minimum atomic E-state index is -0.986. The van der Waals surface area contributed by atoms with E-state index in [1.54, 1.807) is 12.3 Å². The Kier molecular flexibility index (Phi) is 4.71. The zero-order valence-corrected chi connectivity index (χ0v) is 14.1. The van der Waals surface area contributed by atoms with Crippen molar-refractivity contribution < 1.29 is 4.79 Å². The number of amides is 1. The highest BCUT2D eigenvalue weighted by molar-refractivity contribution is 6.34. The maximum Gasteiger partial charge on any atom is 0.276 e. The highest BCUT2D eigenvalue weighted by Crippen LogP contribution is 2.32. The first-order chi connectivity index (χ1) is 12.0. The fraction of sp³-hybridized carbons (Fsp3) is 0.333. The second-order valence-electron chi connectivity index (χ2n) is 5.68. The molecule has 9 nitrogen and oxygen atoms in total. The van der Waals surface area contributed by atoms with E-state index in [-0.39, 0.29) is 29.5 Å². The first kappa shape index (κ1) is 17.3. The van der Waals surface area contributed by atoms with E-state index in [1.165, 1.54) is 17.0 Å². The Labute approximate surface area is 148 Å². The van der Waals surface area contributed by atoms with Gasteiger partial charge < -0.3 is 22.1 Å². The molecule has 0 fully saturated rings. The summed E-state index contributed by atoms with van der Waals surface area (Å²) in [6.07, 6.45) is 3.61. The van der Waals surface area contributed by atoms with E-state index in [4.69, 9.17) is 23.1 Å². The van der Waals surface area contributed by atoms with Gasteiger partial charge in [0.25, 0.3) is 11.5 Å². The summed E-state index contributed by atoms with van der Waals surface area (Å²) in [4.78, 5) is 33.3. The Morgan fingerprint density at radius 3 is 2.60 bits per heavy atom. The Hall–Kier alpha value is -2.49. The number of nitrogens with zero attached hydrogens (tertiary/aromatic N) is 3. The molecule has 0 aromatic carbocycles. The van der Waals surface area contributed by atoms with Crippen molar-refractivity contribution in [3.8, 4) is 0 Å². The van der Waals surface area contributed by atoms with Gasteiger partial charge in [-0.1, -0.05) is 11.6 Å². The number of nitrogens with one attached hydrogen (secondary N) is 2. The molecule has 1 aliphatic heterocycles. The third-order valence-corrected chi connectivity index (χ3v) is 4.39. The summed E-state index contributed by atoms with van der Waals surface area (Å²) in [5, 5.41) is 5.90. The van der Waals surface area contributed by atoms with Crippen LogP contribution in [0.3, 0.4) is 0 Å². The number of hydrogen-bond donors (Lipinski definition) is 4. The predicted octanol–water partition coefficient (Wildman–Crippen LogP) is 0.129. The van der Waals surface area contributed by atoms with Crippen LogP contribution >= 0.6 is 11.6 Å². The lowest BCUT2D eigenvalue weighted by molar-refractivity contribution is 0.0906. The number of hydrogen-bond acceptors (Lipinski definition) is 7. The highest BCUT2D eigenvalue weighted by Gasteiger charge is 2.44.